The third kappa shape index (κ3) is 4.31. The summed E-state index contributed by atoms with van der Waals surface area (Å²) in [6, 6.07) is 0. The number of carbonyl (C=O) groups excluding carboxylic acids is 2. The minimum Gasteiger partial charge on any atom is -0.444 e. The van der Waals surface area contributed by atoms with Crippen LogP contribution in [0.1, 0.15) is 48.0 Å². The van der Waals surface area contributed by atoms with Crippen molar-refractivity contribution in [3.8, 4) is 0 Å². The zero-order valence-electron chi connectivity index (χ0n) is 14.5. The van der Waals surface area contributed by atoms with Crippen LogP contribution < -0.4 is 5.73 Å². The zero-order chi connectivity index (χ0) is 18.2. The van der Waals surface area contributed by atoms with Gasteiger partial charge >= 0.3 is 6.09 Å². The summed E-state index contributed by atoms with van der Waals surface area (Å²) >= 11 is 0. The fourth-order valence-corrected chi connectivity index (χ4v) is 2.51. The molecule has 1 aliphatic rings. The molecule has 2 atom stereocenters. The first-order chi connectivity index (χ1) is 10.2. The molecule has 6 nitrogen and oxygen atoms in total. The molecule has 8 heteroatoms. The van der Waals surface area contributed by atoms with E-state index in [-0.39, 0.29) is 6.61 Å². The summed E-state index contributed by atoms with van der Waals surface area (Å²) in [5.41, 5.74) is 1.99. The second kappa shape index (κ2) is 6.22. The SMILES string of the molecule is CC(C)(C)OC(=O)N1C(C(C)(C)C)OCC1(CC(F)F)C(N)=O. The number of nitrogens with zero attached hydrogens (tertiary/aromatic N) is 1. The lowest BCUT2D eigenvalue weighted by Gasteiger charge is -2.40. The standard InChI is InChI=1S/C15H26F2N2O4/c1-13(2,3)11-19(12(21)23-14(4,5)6)15(8-22-11,10(18)20)7-9(16)17/h9,11H,7-8H2,1-6H3,(H2,18,20). The lowest BCUT2D eigenvalue weighted by atomic mass is 9.89. The second-order valence-corrected chi connectivity index (χ2v) is 7.87. The predicted octanol–water partition coefficient (Wildman–Crippen LogP) is 2.51. The van der Waals surface area contributed by atoms with Crippen molar-refractivity contribution in [2.45, 2.75) is 71.8 Å². The molecule has 23 heavy (non-hydrogen) atoms. The lowest BCUT2D eigenvalue weighted by molar-refractivity contribution is -0.132. The molecule has 0 saturated carbocycles. The van der Waals surface area contributed by atoms with Gasteiger partial charge in [0.2, 0.25) is 12.3 Å². The summed E-state index contributed by atoms with van der Waals surface area (Å²) in [4.78, 5) is 25.5. The normalized spacial score (nSPS) is 25.8. The zero-order valence-corrected chi connectivity index (χ0v) is 14.5. The number of hydrogen-bond acceptors (Lipinski definition) is 4. The second-order valence-electron chi connectivity index (χ2n) is 7.87. The van der Waals surface area contributed by atoms with Gasteiger partial charge in [-0.3, -0.25) is 9.69 Å². The molecule has 1 saturated heterocycles. The Morgan fingerprint density at radius 1 is 1.30 bits per heavy atom. The number of hydrogen-bond donors (Lipinski definition) is 1. The molecular weight excluding hydrogens is 310 g/mol. The molecule has 0 spiro atoms. The average molecular weight is 336 g/mol. The summed E-state index contributed by atoms with van der Waals surface area (Å²) in [5.74, 6) is -1.03. The molecule has 1 rings (SSSR count). The van der Waals surface area contributed by atoms with Gasteiger partial charge in [-0.05, 0) is 20.8 Å². The highest BCUT2D eigenvalue weighted by Gasteiger charge is 2.59. The van der Waals surface area contributed by atoms with Crippen LogP contribution in [0.5, 0.6) is 0 Å². The monoisotopic (exact) mass is 336 g/mol. The Bertz CT molecular complexity index is 471. The highest BCUT2D eigenvalue weighted by molar-refractivity contribution is 5.89. The first-order valence-electron chi connectivity index (χ1n) is 7.43. The molecule has 134 valence electrons. The quantitative estimate of drug-likeness (QED) is 0.858. The number of nitrogens with two attached hydrogens (primary N) is 1. The molecule has 0 aromatic carbocycles. The van der Waals surface area contributed by atoms with Crippen LogP contribution in [-0.2, 0) is 14.3 Å². The van der Waals surface area contributed by atoms with Crippen molar-refractivity contribution in [1.29, 1.82) is 0 Å². The van der Waals surface area contributed by atoms with Crippen LogP contribution >= 0.6 is 0 Å². The van der Waals surface area contributed by atoms with E-state index in [0.29, 0.717) is 0 Å². The van der Waals surface area contributed by atoms with Crippen molar-refractivity contribution in [1.82, 2.24) is 4.90 Å². The van der Waals surface area contributed by atoms with Gasteiger partial charge in [0.1, 0.15) is 11.8 Å². The molecule has 2 N–H and O–H groups in total. The molecule has 1 heterocycles. The Morgan fingerprint density at radius 3 is 2.17 bits per heavy atom. The van der Waals surface area contributed by atoms with E-state index in [1.807, 2.05) is 0 Å². The van der Waals surface area contributed by atoms with Gasteiger partial charge in [-0.1, -0.05) is 20.8 Å². The van der Waals surface area contributed by atoms with Crippen molar-refractivity contribution < 1.29 is 27.8 Å². The van der Waals surface area contributed by atoms with Gasteiger partial charge in [0.15, 0.2) is 5.54 Å². The molecule has 0 aromatic heterocycles. The van der Waals surface area contributed by atoms with Crippen molar-refractivity contribution in [2.75, 3.05) is 6.61 Å². The third-order valence-electron chi connectivity index (χ3n) is 3.46. The van der Waals surface area contributed by atoms with Crippen LogP contribution in [0.3, 0.4) is 0 Å². The van der Waals surface area contributed by atoms with Gasteiger partial charge in [-0.25, -0.2) is 13.6 Å². The summed E-state index contributed by atoms with van der Waals surface area (Å²) in [7, 11) is 0. The maximum Gasteiger partial charge on any atom is 0.413 e. The molecule has 1 aliphatic heterocycles. The summed E-state index contributed by atoms with van der Waals surface area (Å²) in [6.45, 7) is 9.87. The van der Waals surface area contributed by atoms with Gasteiger partial charge < -0.3 is 15.2 Å². The molecular formula is C15H26F2N2O4. The van der Waals surface area contributed by atoms with Gasteiger partial charge in [0.25, 0.3) is 0 Å². The molecule has 0 radical (unpaired) electrons. The van der Waals surface area contributed by atoms with E-state index in [2.05, 4.69) is 0 Å². The number of halogens is 2. The smallest absolute Gasteiger partial charge is 0.413 e. The van der Waals surface area contributed by atoms with Crippen LogP contribution in [0.25, 0.3) is 0 Å². The number of ether oxygens (including phenoxy) is 2. The highest BCUT2D eigenvalue weighted by Crippen LogP contribution is 2.40. The number of primary amides is 1. The van der Waals surface area contributed by atoms with Crippen LogP contribution in [0.2, 0.25) is 0 Å². The van der Waals surface area contributed by atoms with Gasteiger partial charge in [0.05, 0.1) is 6.61 Å². The van der Waals surface area contributed by atoms with E-state index in [0.717, 1.165) is 4.90 Å². The molecule has 2 unspecified atom stereocenters. The Balaban J connectivity index is 3.33. The number of rotatable bonds is 3. The highest BCUT2D eigenvalue weighted by atomic mass is 19.3. The van der Waals surface area contributed by atoms with Gasteiger partial charge in [-0.2, -0.15) is 0 Å². The number of carbonyl (C=O) groups is 2. The summed E-state index contributed by atoms with van der Waals surface area (Å²) < 4.78 is 36.9. The molecule has 0 aliphatic carbocycles. The predicted molar refractivity (Wildman–Crippen MR) is 79.8 cm³/mol. The average Bonchev–Trinajstić information content (AvgIpc) is 2.65. The lowest BCUT2D eigenvalue weighted by Crippen LogP contribution is -2.62. The van der Waals surface area contributed by atoms with Gasteiger partial charge in [0, 0.05) is 11.8 Å². The Morgan fingerprint density at radius 2 is 1.83 bits per heavy atom. The van der Waals surface area contributed by atoms with Crippen LogP contribution in [0, 0.1) is 5.41 Å². The molecule has 0 bridgehead atoms. The van der Waals surface area contributed by atoms with E-state index in [1.165, 1.54) is 0 Å². The van der Waals surface area contributed by atoms with Crippen LogP contribution in [0.15, 0.2) is 0 Å². The van der Waals surface area contributed by atoms with Crippen molar-refractivity contribution in [2.24, 2.45) is 11.1 Å². The van der Waals surface area contributed by atoms with Gasteiger partial charge in [-0.15, -0.1) is 0 Å². The van der Waals surface area contributed by atoms with E-state index in [4.69, 9.17) is 15.2 Å². The maximum atomic E-state index is 13.0. The number of alkyl halides is 2. The van der Waals surface area contributed by atoms with E-state index in [9.17, 15) is 18.4 Å². The summed E-state index contributed by atoms with van der Waals surface area (Å²) in [5, 5.41) is 0. The molecule has 2 amide bonds. The van der Waals surface area contributed by atoms with Crippen molar-refractivity contribution in [3.63, 3.8) is 0 Å². The maximum absolute atomic E-state index is 13.0. The minimum atomic E-state index is -2.82. The van der Waals surface area contributed by atoms with Crippen molar-refractivity contribution >= 4 is 12.0 Å². The Hall–Kier alpha value is -1.44. The van der Waals surface area contributed by atoms with Crippen LogP contribution in [-0.4, -0.2) is 47.3 Å². The first kappa shape index (κ1) is 19.6. The molecule has 1 fully saturated rings. The van der Waals surface area contributed by atoms with Crippen molar-refractivity contribution in [3.05, 3.63) is 0 Å². The Labute approximate surface area is 135 Å². The first-order valence-corrected chi connectivity index (χ1v) is 7.43. The van der Waals surface area contributed by atoms with E-state index in [1.54, 1.807) is 41.5 Å². The Kier molecular flexibility index (Phi) is 5.30. The fourth-order valence-electron chi connectivity index (χ4n) is 2.51. The third-order valence-corrected chi connectivity index (χ3v) is 3.46. The van der Waals surface area contributed by atoms with E-state index >= 15 is 0 Å². The molecule has 0 aromatic rings. The topological polar surface area (TPSA) is 81.9 Å². The van der Waals surface area contributed by atoms with E-state index < -0.39 is 47.6 Å². The number of amides is 2. The minimum absolute atomic E-state index is 0.381. The summed E-state index contributed by atoms with van der Waals surface area (Å²) in [6.07, 6.45) is -5.51. The fraction of sp³-hybridized carbons (Fsp3) is 0.867. The largest absolute Gasteiger partial charge is 0.444 e. The van der Waals surface area contributed by atoms with Crippen LogP contribution in [0.4, 0.5) is 13.6 Å².